The van der Waals surface area contributed by atoms with Crippen LogP contribution in [0.5, 0.6) is 0 Å². The second-order valence-electron chi connectivity index (χ2n) is 4.95. The molecule has 0 aromatic rings. The molecule has 0 aromatic heterocycles. The van der Waals surface area contributed by atoms with Crippen molar-refractivity contribution >= 4 is 0 Å². The Morgan fingerprint density at radius 2 is 2.13 bits per heavy atom. The van der Waals surface area contributed by atoms with Gasteiger partial charge in [0.1, 0.15) is 0 Å². The maximum absolute atomic E-state index is 9.90. The SMILES string of the molecule is CCN(CC1CCCN1)C1CCCC1O. The summed E-state index contributed by atoms with van der Waals surface area (Å²) in [5.74, 6) is 0. The van der Waals surface area contributed by atoms with Crippen LogP contribution in [0.2, 0.25) is 0 Å². The fourth-order valence-corrected chi connectivity index (χ4v) is 3.04. The number of hydrogen-bond donors (Lipinski definition) is 2. The van der Waals surface area contributed by atoms with Gasteiger partial charge in [0.15, 0.2) is 0 Å². The highest BCUT2D eigenvalue weighted by Crippen LogP contribution is 2.24. The first kappa shape index (κ1) is 11.4. The maximum atomic E-state index is 9.90. The zero-order valence-electron chi connectivity index (χ0n) is 9.78. The van der Waals surface area contributed by atoms with Crippen LogP contribution in [-0.4, -0.2) is 47.8 Å². The number of aliphatic hydroxyl groups excluding tert-OH is 1. The lowest BCUT2D eigenvalue weighted by Gasteiger charge is -2.32. The van der Waals surface area contributed by atoms with E-state index >= 15 is 0 Å². The van der Waals surface area contributed by atoms with Crippen molar-refractivity contribution in [2.24, 2.45) is 0 Å². The Labute approximate surface area is 92.8 Å². The Bertz CT molecular complexity index is 192. The topological polar surface area (TPSA) is 35.5 Å². The molecule has 2 rings (SSSR count). The van der Waals surface area contributed by atoms with Crippen molar-refractivity contribution in [1.29, 1.82) is 0 Å². The van der Waals surface area contributed by atoms with E-state index in [0.717, 1.165) is 19.5 Å². The van der Waals surface area contributed by atoms with Crippen molar-refractivity contribution in [3.63, 3.8) is 0 Å². The first-order valence-electron chi connectivity index (χ1n) is 6.46. The van der Waals surface area contributed by atoms with E-state index in [1.54, 1.807) is 0 Å². The maximum Gasteiger partial charge on any atom is 0.0695 e. The fraction of sp³-hybridized carbons (Fsp3) is 1.00. The summed E-state index contributed by atoms with van der Waals surface area (Å²) in [6.45, 7) is 5.58. The van der Waals surface area contributed by atoms with Gasteiger partial charge in [-0.2, -0.15) is 0 Å². The van der Waals surface area contributed by atoms with E-state index < -0.39 is 0 Å². The van der Waals surface area contributed by atoms with Crippen LogP contribution in [0.3, 0.4) is 0 Å². The van der Waals surface area contributed by atoms with Crippen LogP contribution in [-0.2, 0) is 0 Å². The normalized spacial score (nSPS) is 36.6. The van der Waals surface area contributed by atoms with E-state index in [4.69, 9.17) is 0 Å². The third kappa shape index (κ3) is 2.71. The van der Waals surface area contributed by atoms with E-state index in [0.29, 0.717) is 12.1 Å². The molecule has 0 aromatic carbocycles. The summed E-state index contributed by atoms with van der Waals surface area (Å²) in [4.78, 5) is 2.47. The molecule has 1 heterocycles. The predicted octanol–water partition coefficient (Wildman–Crippen LogP) is 0.974. The molecule has 1 aliphatic heterocycles. The van der Waals surface area contributed by atoms with Crippen molar-refractivity contribution in [3.05, 3.63) is 0 Å². The average molecular weight is 212 g/mol. The van der Waals surface area contributed by atoms with Gasteiger partial charge in [-0.25, -0.2) is 0 Å². The smallest absolute Gasteiger partial charge is 0.0695 e. The summed E-state index contributed by atoms with van der Waals surface area (Å²) >= 11 is 0. The molecule has 88 valence electrons. The molecule has 2 N–H and O–H groups in total. The number of nitrogens with zero attached hydrogens (tertiary/aromatic N) is 1. The van der Waals surface area contributed by atoms with E-state index in [9.17, 15) is 5.11 Å². The zero-order valence-corrected chi connectivity index (χ0v) is 9.78. The summed E-state index contributed by atoms with van der Waals surface area (Å²) in [6.07, 6.45) is 5.92. The van der Waals surface area contributed by atoms with Gasteiger partial charge < -0.3 is 10.4 Å². The van der Waals surface area contributed by atoms with Crippen LogP contribution in [0.25, 0.3) is 0 Å². The molecule has 0 bridgehead atoms. The van der Waals surface area contributed by atoms with Gasteiger partial charge >= 0.3 is 0 Å². The van der Waals surface area contributed by atoms with Gasteiger partial charge in [-0.15, -0.1) is 0 Å². The first-order chi connectivity index (χ1) is 7.31. The Balaban J connectivity index is 1.85. The third-order valence-corrected chi connectivity index (χ3v) is 3.94. The van der Waals surface area contributed by atoms with Crippen molar-refractivity contribution in [2.45, 2.75) is 57.2 Å². The van der Waals surface area contributed by atoms with Crippen molar-refractivity contribution in [1.82, 2.24) is 10.2 Å². The Kier molecular flexibility index (Phi) is 4.00. The van der Waals surface area contributed by atoms with E-state index in [2.05, 4.69) is 17.1 Å². The van der Waals surface area contributed by atoms with Gasteiger partial charge in [0.05, 0.1) is 6.10 Å². The van der Waals surface area contributed by atoms with Gasteiger partial charge in [0.2, 0.25) is 0 Å². The van der Waals surface area contributed by atoms with Gasteiger partial charge in [0, 0.05) is 18.6 Å². The van der Waals surface area contributed by atoms with Crippen LogP contribution in [0.4, 0.5) is 0 Å². The quantitative estimate of drug-likeness (QED) is 0.729. The minimum absolute atomic E-state index is 0.0775. The van der Waals surface area contributed by atoms with Crippen molar-refractivity contribution in [2.75, 3.05) is 19.6 Å². The molecule has 0 amide bonds. The molecular weight excluding hydrogens is 188 g/mol. The molecule has 1 aliphatic carbocycles. The van der Waals surface area contributed by atoms with Gasteiger partial charge in [-0.05, 0) is 45.2 Å². The van der Waals surface area contributed by atoms with E-state index in [1.165, 1.54) is 32.2 Å². The van der Waals surface area contributed by atoms with Gasteiger partial charge in [-0.3, -0.25) is 4.90 Å². The monoisotopic (exact) mass is 212 g/mol. The molecule has 1 saturated carbocycles. The van der Waals surface area contributed by atoms with Crippen LogP contribution >= 0.6 is 0 Å². The minimum Gasteiger partial charge on any atom is -0.391 e. The second kappa shape index (κ2) is 5.28. The summed E-state index contributed by atoms with van der Waals surface area (Å²) in [7, 11) is 0. The highest BCUT2D eigenvalue weighted by Gasteiger charge is 2.31. The number of nitrogens with one attached hydrogen (secondary N) is 1. The van der Waals surface area contributed by atoms with Crippen LogP contribution in [0.1, 0.15) is 39.0 Å². The van der Waals surface area contributed by atoms with Crippen molar-refractivity contribution in [3.8, 4) is 0 Å². The average Bonchev–Trinajstić information content (AvgIpc) is 2.85. The van der Waals surface area contributed by atoms with E-state index in [-0.39, 0.29) is 6.10 Å². The van der Waals surface area contributed by atoms with Crippen LogP contribution in [0.15, 0.2) is 0 Å². The molecule has 3 atom stereocenters. The molecule has 2 aliphatic rings. The molecule has 0 radical (unpaired) electrons. The van der Waals surface area contributed by atoms with Gasteiger partial charge in [-0.1, -0.05) is 6.92 Å². The molecule has 2 fully saturated rings. The number of aliphatic hydroxyl groups is 1. The summed E-state index contributed by atoms with van der Waals surface area (Å²) in [6, 6.07) is 1.09. The number of rotatable bonds is 4. The van der Waals surface area contributed by atoms with E-state index in [1.807, 2.05) is 0 Å². The standard InChI is InChI=1S/C12H24N2O/c1-2-14(9-10-5-4-8-13-10)11-6-3-7-12(11)15/h10-13,15H,2-9H2,1H3. The largest absolute Gasteiger partial charge is 0.391 e. The molecule has 1 saturated heterocycles. The highest BCUT2D eigenvalue weighted by atomic mass is 16.3. The molecule has 3 heteroatoms. The zero-order chi connectivity index (χ0) is 10.7. The number of likely N-dealkylation sites (N-methyl/N-ethyl adjacent to an activating group) is 1. The lowest BCUT2D eigenvalue weighted by atomic mass is 10.1. The summed E-state index contributed by atoms with van der Waals surface area (Å²) in [5, 5.41) is 13.4. The predicted molar refractivity (Wildman–Crippen MR) is 61.9 cm³/mol. The van der Waals surface area contributed by atoms with Crippen LogP contribution < -0.4 is 5.32 Å². The summed E-state index contributed by atoms with van der Waals surface area (Å²) in [5.41, 5.74) is 0. The third-order valence-electron chi connectivity index (χ3n) is 3.94. The highest BCUT2D eigenvalue weighted by molar-refractivity contribution is 4.87. The fourth-order valence-electron chi connectivity index (χ4n) is 3.04. The summed E-state index contributed by atoms with van der Waals surface area (Å²) < 4.78 is 0. The Morgan fingerprint density at radius 3 is 2.67 bits per heavy atom. The molecule has 3 unspecified atom stereocenters. The Hall–Kier alpha value is -0.120. The lowest BCUT2D eigenvalue weighted by molar-refractivity contribution is 0.0690. The Morgan fingerprint density at radius 1 is 1.27 bits per heavy atom. The van der Waals surface area contributed by atoms with Gasteiger partial charge in [0.25, 0.3) is 0 Å². The molecular formula is C12H24N2O. The molecule has 15 heavy (non-hydrogen) atoms. The number of hydrogen-bond acceptors (Lipinski definition) is 3. The second-order valence-corrected chi connectivity index (χ2v) is 4.95. The lowest BCUT2D eigenvalue weighted by Crippen LogP contribution is -2.46. The molecule has 3 nitrogen and oxygen atoms in total. The minimum atomic E-state index is -0.0775. The molecule has 0 spiro atoms. The van der Waals surface area contributed by atoms with Crippen LogP contribution in [0, 0.1) is 0 Å². The van der Waals surface area contributed by atoms with Crippen molar-refractivity contribution < 1.29 is 5.11 Å². The first-order valence-corrected chi connectivity index (χ1v) is 6.46.